The van der Waals surface area contributed by atoms with Gasteiger partial charge in [0.05, 0.1) is 0 Å². The number of halogens is 1. The number of aliphatic hydroxyl groups excluding tert-OH is 2. The molecular formula is C15H18FN3O4. The molecule has 0 spiro atoms. The quantitative estimate of drug-likeness (QED) is 0.245. The average Bonchev–Trinajstić information content (AvgIpc) is 2.49. The van der Waals surface area contributed by atoms with Crippen molar-refractivity contribution in [2.75, 3.05) is 20.7 Å². The van der Waals surface area contributed by atoms with Crippen molar-refractivity contribution in [1.82, 2.24) is 10.2 Å². The van der Waals surface area contributed by atoms with Crippen LogP contribution in [0.5, 0.6) is 0 Å². The number of hydrogen-bond acceptors (Lipinski definition) is 5. The van der Waals surface area contributed by atoms with E-state index in [1.165, 1.54) is 26.2 Å². The number of amides is 2. The minimum Gasteiger partial charge on any atom is -0.509 e. The minimum absolute atomic E-state index is 0.130. The van der Waals surface area contributed by atoms with Crippen LogP contribution in [0.15, 0.2) is 34.5 Å². The van der Waals surface area contributed by atoms with Crippen molar-refractivity contribution in [2.24, 2.45) is 4.99 Å². The molecule has 124 valence electrons. The standard InChI is InChI=1S/C15H18FN3O4/c1-9-4-5-11(10(16)6-9)18-14(17-8-21)13(12(22)7-20)15(23)19(2)3/h4-6,8,20,22H,7H2,1-3H3,(H,17,18,21)/b13-12+. The van der Waals surface area contributed by atoms with Crippen LogP contribution < -0.4 is 5.32 Å². The molecule has 0 heterocycles. The molecule has 0 aliphatic carbocycles. The lowest BCUT2D eigenvalue weighted by molar-refractivity contribution is -0.124. The predicted molar refractivity (Wildman–Crippen MR) is 82.9 cm³/mol. The van der Waals surface area contributed by atoms with Gasteiger partial charge in [0.15, 0.2) is 0 Å². The largest absolute Gasteiger partial charge is 0.509 e. The molecule has 0 fully saturated rings. The van der Waals surface area contributed by atoms with E-state index in [1.54, 1.807) is 13.0 Å². The van der Waals surface area contributed by atoms with E-state index in [0.29, 0.717) is 5.56 Å². The number of likely N-dealkylation sites (N-methyl/N-ethyl adjacent to an activating group) is 1. The van der Waals surface area contributed by atoms with Gasteiger partial charge in [-0.1, -0.05) is 6.07 Å². The number of aliphatic imine (C=N–C) groups is 1. The molecule has 23 heavy (non-hydrogen) atoms. The Morgan fingerprint density at radius 1 is 1.43 bits per heavy atom. The molecule has 0 atom stereocenters. The van der Waals surface area contributed by atoms with Crippen LogP contribution in [0.2, 0.25) is 0 Å². The Labute approximate surface area is 132 Å². The van der Waals surface area contributed by atoms with Gasteiger partial charge in [-0.3, -0.25) is 9.59 Å². The average molecular weight is 323 g/mol. The second kappa shape index (κ2) is 8.04. The second-order valence-electron chi connectivity index (χ2n) is 4.86. The van der Waals surface area contributed by atoms with E-state index in [4.69, 9.17) is 5.11 Å². The van der Waals surface area contributed by atoms with E-state index in [9.17, 15) is 19.1 Å². The van der Waals surface area contributed by atoms with Crippen LogP contribution in [-0.2, 0) is 9.59 Å². The summed E-state index contributed by atoms with van der Waals surface area (Å²) < 4.78 is 13.9. The lowest BCUT2D eigenvalue weighted by Crippen LogP contribution is -2.35. The van der Waals surface area contributed by atoms with E-state index in [0.717, 1.165) is 4.90 Å². The summed E-state index contributed by atoms with van der Waals surface area (Å²) in [7, 11) is 2.83. The van der Waals surface area contributed by atoms with E-state index in [2.05, 4.69) is 10.3 Å². The van der Waals surface area contributed by atoms with Crippen LogP contribution >= 0.6 is 0 Å². The molecule has 7 nitrogen and oxygen atoms in total. The molecule has 2 amide bonds. The van der Waals surface area contributed by atoms with Crippen LogP contribution in [0.4, 0.5) is 10.1 Å². The van der Waals surface area contributed by atoms with E-state index in [1.807, 2.05) is 0 Å². The molecule has 0 aromatic heterocycles. The zero-order chi connectivity index (χ0) is 17.6. The van der Waals surface area contributed by atoms with Crippen molar-refractivity contribution in [3.05, 3.63) is 40.9 Å². The first-order valence-electron chi connectivity index (χ1n) is 6.61. The summed E-state index contributed by atoms with van der Waals surface area (Å²) in [5, 5.41) is 21.0. The van der Waals surface area contributed by atoms with Crippen molar-refractivity contribution in [3.8, 4) is 0 Å². The highest BCUT2D eigenvalue weighted by atomic mass is 19.1. The Morgan fingerprint density at radius 3 is 2.57 bits per heavy atom. The van der Waals surface area contributed by atoms with Gasteiger partial charge in [-0.15, -0.1) is 0 Å². The molecule has 0 bridgehead atoms. The summed E-state index contributed by atoms with van der Waals surface area (Å²) >= 11 is 0. The number of rotatable bonds is 5. The highest BCUT2D eigenvalue weighted by molar-refractivity contribution is 6.23. The number of nitrogens with one attached hydrogen (secondary N) is 1. The summed E-state index contributed by atoms with van der Waals surface area (Å²) in [4.78, 5) is 27.9. The SMILES string of the molecule is Cc1ccc(N=C(NC=O)/C(C(=O)N(C)C)=C(\O)CO)c(F)c1. The number of aliphatic hydroxyl groups is 2. The Bertz CT molecular complexity index is 669. The molecule has 1 rings (SSSR count). The molecule has 0 saturated carbocycles. The van der Waals surface area contributed by atoms with Crippen molar-refractivity contribution >= 4 is 23.8 Å². The maximum absolute atomic E-state index is 13.9. The minimum atomic E-state index is -0.842. The molecule has 0 unspecified atom stereocenters. The van der Waals surface area contributed by atoms with Gasteiger partial charge >= 0.3 is 0 Å². The van der Waals surface area contributed by atoms with Crippen molar-refractivity contribution < 1.29 is 24.2 Å². The van der Waals surface area contributed by atoms with Gasteiger partial charge < -0.3 is 20.4 Å². The highest BCUT2D eigenvalue weighted by Gasteiger charge is 2.23. The van der Waals surface area contributed by atoms with E-state index >= 15 is 0 Å². The topological polar surface area (TPSA) is 102 Å². The van der Waals surface area contributed by atoms with Gasteiger partial charge in [-0.05, 0) is 24.6 Å². The third-order valence-electron chi connectivity index (χ3n) is 2.83. The van der Waals surface area contributed by atoms with E-state index in [-0.39, 0.29) is 17.9 Å². The highest BCUT2D eigenvalue weighted by Crippen LogP contribution is 2.20. The van der Waals surface area contributed by atoms with Crippen LogP contribution in [0.1, 0.15) is 5.56 Å². The third kappa shape index (κ3) is 4.62. The van der Waals surface area contributed by atoms with Gasteiger partial charge in [0.2, 0.25) is 6.41 Å². The number of carbonyl (C=O) groups is 2. The van der Waals surface area contributed by atoms with Crippen molar-refractivity contribution in [1.29, 1.82) is 0 Å². The molecule has 3 N–H and O–H groups in total. The fraction of sp³-hybridized carbons (Fsp3) is 0.267. The van der Waals surface area contributed by atoms with Crippen molar-refractivity contribution in [2.45, 2.75) is 6.92 Å². The Morgan fingerprint density at radius 2 is 2.09 bits per heavy atom. The zero-order valence-corrected chi connectivity index (χ0v) is 13.0. The summed E-state index contributed by atoms with van der Waals surface area (Å²) in [6.07, 6.45) is 0.235. The van der Waals surface area contributed by atoms with Gasteiger partial charge in [0.1, 0.15) is 35.3 Å². The van der Waals surface area contributed by atoms with Gasteiger partial charge in [0, 0.05) is 14.1 Å². The Kier molecular flexibility index (Phi) is 6.40. The van der Waals surface area contributed by atoms with Crippen LogP contribution in [0, 0.1) is 12.7 Å². The summed E-state index contributed by atoms with van der Waals surface area (Å²) in [5.41, 5.74) is 0.115. The Balaban J connectivity index is 3.50. The molecular weight excluding hydrogens is 305 g/mol. The fourth-order valence-corrected chi connectivity index (χ4v) is 1.70. The fourth-order valence-electron chi connectivity index (χ4n) is 1.70. The predicted octanol–water partition coefficient (Wildman–Crippen LogP) is 0.803. The van der Waals surface area contributed by atoms with Crippen LogP contribution in [0.3, 0.4) is 0 Å². The van der Waals surface area contributed by atoms with E-state index < -0.39 is 29.7 Å². The lowest BCUT2D eigenvalue weighted by atomic mass is 10.1. The van der Waals surface area contributed by atoms with Gasteiger partial charge in [-0.2, -0.15) is 0 Å². The van der Waals surface area contributed by atoms with Gasteiger partial charge in [0.25, 0.3) is 5.91 Å². The first kappa shape index (κ1) is 18.3. The lowest BCUT2D eigenvalue weighted by Gasteiger charge is -2.16. The molecule has 0 aliphatic rings. The normalized spacial score (nSPS) is 12.5. The first-order chi connectivity index (χ1) is 10.8. The third-order valence-corrected chi connectivity index (χ3v) is 2.83. The number of aryl methyl sites for hydroxylation is 1. The zero-order valence-electron chi connectivity index (χ0n) is 13.0. The maximum Gasteiger partial charge on any atom is 0.260 e. The molecule has 0 radical (unpaired) electrons. The number of hydrogen-bond donors (Lipinski definition) is 3. The summed E-state index contributed by atoms with van der Waals surface area (Å²) in [6.45, 7) is 0.852. The number of amidine groups is 1. The molecule has 0 aliphatic heterocycles. The number of carbonyl (C=O) groups excluding carboxylic acids is 2. The first-order valence-corrected chi connectivity index (χ1v) is 6.61. The molecule has 8 heteroatoms. The monoisotopic (exact) mass is 323 g/mol. The molecule has 1 aromatic carbocycles. The summed E-state index contributed by atoms with van der Waals surface area (Å²) in [5.74, 6) is -2.43. The number of benzene rings is 1. The van der Waals surface area contributed by atoms with Gasteiger partial charge in [-0.25, -0.2) is 9.38 Å². The van der Waals surface area contributed by atoms with Crippen molar-refractivity contribution in [3.63, 3.8) is 0 Å². The molecule has 1 aromatic rings. The smallest absolute Gasteiger partial charge is 0.260 e. The van der Waals surface area contributed by atoms with Crippen LogP contribution in [-0.4, -0.2) is 54.0 Å². The maximum atomic E-state index is 13.9. The Hall–Kier alpha value is -2.74. The second-order valence-corrected chi connectivity index (χ2v) is 4.86. The van der Waals surface area contributed by atoms with Crippen LogP contribution in [0.25, 0.3) is 0 Å². The molecule has 0 saturated heterocycles. The summed E-state index contributed by atoms with van der Waals surface area (Å²) in [6, 6.07) is 4.20. The number of nitrogens with zero attached hydrogens (tertiary/aromatic N) is 2.